The molecule has 1 saturated heterocycles. The van der Waals surface area contributed by atoms with Crippen molar-refractivity contribution in [2.24, 2.45) is 0 Å². The third-order valence-electron chi connectivity index (χ3n) is 7.15. The average Bonchev–Trinajstić information content (AvgIpc) is 2.98. The molecule has 3 heterocycles. The van der Waals surface area contributed by atoms with Crippen LogP contribution >= 0.6 is 0 Å². The summed E-state index contributed by atoms with van der Waals surface area (Å²) in [4.78, 5) is 17.2. The van der Waals surface area contributed by atoms with Gasteiger partial charge in [0.1, 0.15) is 11.4 Å². The SMILES string of the molecule is COc1ccc(-c2cc3c4c(c2)[C@@H]2CN(C(=O)OC(C)(C)C)CC[C@@H]2N4CCS(=O)C3)c(C)c1. The van der Waals surface area contributed by atoms with Gasteiger partial charge in [0.25, 0.3) is 0 Å². The summed E-state index contributed by atoms with van der Waals surface area (Å²) >= 11 is 0. The fraction of sp³-hybridized carbons (Fsp3) is 0.519. The molecule has 0 aliphatic carbocycles. The quantitative estimate of drug-likeness (QED) is 0.613. The Morgan fingerprint density at radius 2 is 1.94 bits per heavy atom. The van der Waals surface area contributed by atoms with Crippen LogP contribution in [0.3, 0.4) is 0 Å². The van der Waals surface area contributed by atoms with Crippen LogP contribution in [0.25, 0.3) is 11.1 Å². The Balaban J connectivity index is 1.56. The van der Waals surface area contributed by atoms with Crippen LogP contribution in [0.4, 0.5) is 10.5 Å². The van der Waals surface area contributed by atoms with Crippen LogP contribution in [0, 0.1) is 6.92 Å². The Hall–Kier alpha value is -2.54. The highest BCUT2D eigenvalue weighted by Gasteiger charge is 2.45. The summed E-state index contributed by atoms with van der Waals surface area (Å²) in [6.07, 6.45) is 0.656. The first-order chi connectivity index (χ1) is 16.1. The molecule has 1 fully saturated rings. The van der Waals surface area contributed by atoms with E-state index in [4.69, 9.17) is 9.47 Å². The predicted octanol–water partition coefficient (Wildman–Crippen LogP) is 4.85. The number of methoxy groups -OCH3 is 1. The standard InChI is InChI=1S/C27H34N2O4S/c1-17-12-20(32-5)6-7-21(17)18-13-19-16-34(31)11-10-29-24-8-9-28(26(30)33-27(2,3)4)15-23(24)22(14-18)25(19)29/h6-7,12-14,23-24H,8-11,15-16H2,1-5H3/t23-,24-,34?/m0/s1. The normalized spacial score (nSPS) is 23.7. The molecule has 34 heavy (non-hydrogen) atoms. The van der Waals surface area contributed by atoms with Crippen molar-refractivity contribution >= 4 is 22.6 Å². The molecule has 2 aromatic rings. The van der Waals surface area contributed by atoms with Crippen molar-refractivity contribution in [2.75, 3.05) is 37.4 Å². The first-order valence-corrected chi connectivity index (χ1v) is 13.5. The van der Waals surface area contributed by atoms with E-state index in [-0.39, 0.29) is 12.0 Å². The van der Waals surface area contributed by atoms with Gasteiger partial charge in [-0.05, 0) is 86.2 Å². The Labute approximate surface area is 204 Å². The molecule has 7 heteroatoms. The second kappa shape index (κ2) is 8.59. The molecule has 2 aromatic carbocycles. The van der Waals surface area contributed by atoms with Gasteiger partial charge in [0.05, 0.1) is 12.9 Å². The maximum absolute atomic E-state index is 12.9. The van der Waals surface area contributed by atoms with Crippen molar-refractivity contribution < 1.29 is 18.5 Å². The van der Waals surface area contributed by atoms with Crippen LogP contribution < -0.4 is 9.64 Å². The number of rotatable bonds is 2. The van der Waals surface area contributed by atoms with Gasteiger partial charge in [0, 0.05) is 53.8 Å². The molecule has 0 saturated carbocycles. The van der Waals surface area contributed by atoms with E-state index in [2.05, 4.69) is 36.1 Å². The van der Waals surface area contributed by atoms with Gasteiger partial charge in [0.15, 0.2) is 0 Å². The average molecular weight is 483 g/mol. The van der Waals surface area contributed by atoms with Gasteiger partial charge in [-0.2, -0.15) is 0 Å². The molecule has 1 unspecified atom stereocenters. The smallest absolute Gasteiger partial charge is 0.410 e. The summed E-state index contributed by atoms with van der Waals surface area (Å²) < 4.78 is 23.8. The van der Waals surface area contributed by atoms with E-state index in [1.54, 1.807) is 7.11 Å². The number of aryl methyl sites for hydroxylation is 1. The minimum atomic E-state index is -0.873. The molecule has 1 amide bonds. The number of carbonyl (C=O) groups is 1. The van der Waals surface area contributed by atoms with Gasteiger partial charge >= 0.3 is 6.09 Å². The summed E-state index contributed by atoms with van der Waals surface area (Å²) in [5, 5.41) is 0. The molecule has 3 aliphatic heterocycles. The van der Waals surface area contributed by atoms with Crippen LogP contribution in [-0.4, -0.2) is 59.3 Å². The summed E-state index contributed by atoms with van der Waals surface area (Å²) in [5.41, 5.74) is 6.63. The Kier molecular flexibility index (Phi) is 5.87. The number of likely N-dealkylation sites (tertiary alicyclic amines) is 1. The van der Waals surface area contributed by atoms with E-state index in [0.29, 0.717) is 30.6 Å². The number of fused-ring (bicyclic) bond motifs is 3. The van der Waals surface area contributed by atoms with Gasteiger partial charge in [-0.1, -0.05) is 6.07 Å². The molecular weight excluding hydrogens is 448 g/mol. The topological polar surface area (TPSA) is 59.1 Å². The van der Waals surface area contributed by atoms with Gasteiger partial charge in [-0.15, -0.1) is 0 Å². The van der Waals surface area contributed by atoms with Gasteiger partial charge in [0.2, 0.25) is 0 Å². The van der Waals surface area contributed by atoms with Gasteiger partial charge in [-0.3, -0.25) is 4.21 Å². The number of amides is 1. The molecular formula is C27H34N2O4S. The highest BCUT2D eigenvalue weighted by atomic mass is 32.2. The van der Waals surface area contributed by atoms with Crippen molar-refractivity contribution in [3.8, 4) is 16.9 Å². The molecule has 6 nitrogen and oxygen atoms in total. The van der Waals surface area contributed by atoms with E-state index in [1.807, 2.05) is 31.7 Å². The molecule has 0 spiro atoms. The molecule has 5 rings (SSSR count). The fourth-order valence-electron chi connectivity index (χ4n) is 5.70. The molecule has 0 N–H and O–H groups in total. The number of hydrogen-bond acceptors (Lipinski definition) is 5. The molecule has 3 aliphatic rings. The van der Waals surface area contributed by atoms with Crippen LogP contribution in [0.5, 0.6) is 5.75 Å². The van der Waals surface area contributed by atoms with E-state index >= 15 is 0 Å². The summed E-state index contributed by atoms with van der Waals surface area (Å²) in [7, 11) is 0.808. The molecule has 0 radical (unpaired) electrons. The maximum atomic E-state index is 12.9. The summed E-state index contributed by atoms with van der Waals surface area (Å²) in [6.45, 7) is 9.96. The Morgan fingerprint density at radius 1 is 1.15 bits per heavy atom. The number of piperidine rings is 1. The van der Waals surface area contributed by atoms with Crippen molar-refractivity contribution in [3.05, 3.63) is 47.0 Å². The lowest BCUT2D eigenvalue weighted by atomic mass is 9.86. The molecule has 3 atom stereocenters. The highest BCUT2D eigenvalue weighted by molar-refractivity contribution is 7.84. The first-order valence-electron chi connectivity index (χ1n) is 12.1. The monoisotopic (exact) mass is 482 g/mol. The van der Waals surface area contributed by atoms with Gasteiger partial charge < -0.3 is 19.3 Å². The van der Waals surface area contributed by atoms with Crippen molar-refractivity contribution in [2.45, 2.75) is 57.4 Å². The van der Waals surface area contributed by atoms with Crippen molar-refractivity contribution in [1.29, 1.82) is 0 Å². The highest BCUT2D eigenvalue weighted by Crippen LogP contribution is 2.49. The maximum Gasteiger partial charge on any atom is 0.410 e. The van der Waals surface area contributed by atoms with E-state index in [9.17, 15) is 9.00 Å². The number of benzene rings is 2. The predicted molar refractivity (Wildman–Crippen MR) is 136 cm³/mol. The fourth-order valence-corrected chi connectivity index (χ4v) is 6.82. The second-order valence-electron chi connectivity index (χ2n) is 10.6. The number of carbonyl (C=O) groups excluding carboxylic acids is 1. The number of anilines is 1. The van der Waals surface area contributed by atoms with Crippen LogP contribution in [-0.2, 0) is 21.3 Å². The van der Waals surface area contributed by atoms with Crippen molar-refractivity contribution in [3.63, 3.8) is 0 Å². The zero-order valence-corrected chi connectivity index (χ0v) is 21.5. The molecule has 182 valence electrons. The van der Waals surface area contributed by atoms with E-state index in [0.717, 1.165) is 41.0 Å². The van der Waals surface area contributed by atoms with Crippen LogP contribution in [0.2, 0.25) is 0 Å². The largest absolute Gasteiger partial charge is 0.497 e. The third kappa shape index (κ3) is 4.19. The van der Waals surface area contributed by atoms with Gasteiger partial charge in [-0.25, -0.2) is 4.79 Å². The molecule has 0 bridgehead atoms. The summed E-state index contributed by atoms with van der Waals surface area (Å²) in [5.74, 6) is 2.33. The number of nitrogens with zero attached hydrogens (tertiary/aromatic N) is 2. The minimum Gasteiger partial charge on any atom is -0.497 e. The number of ether oxygens (including phenoxy) is 2. The lowest BCUT2D eigenvalue weighted by molar-refractivity contribution is 0.0189. The third-order valence-corrected chi connectivity index (χ3v) is 8.43. The van der Waals surface area contributed by atoms with Crippen LogP contribution in [0.15, 0.2) is 30.3 Å². The number of hydrogen-bond donors (Lipinski definition) is 0. The minimum absolute atomic E-state index is 0.222. The zero-order valence-electron chi connectivity index (χ0n) is 20.7. The Morgan fingerprint density at radius 3 is 2.65 bits per heavy atom. The first kappa shape index (κ1) is 23.2. The van der Waals surface area contributed by atoms with Crippen molar-refractivity contribution in [1.82, 2.24) is 4.90 Å². The van der Waals surface area contributed by atoms with Crippen LogP contribution in [0.1, 0.15) is 49.8 Å². The lowest BCUT2D eigenvalue weighted by Gasteiger charge is -2.39. The van der Waals surface area contributed by atoms with E-state index in [1.165, 1.54) is 11.3 Å². The van der Waals surface area contributed by atoms with E-state index < -0.39 is 16.4 Å². The Bertz CT molecular complexity index is 1160. The lowest BCUT2D eigenvalue weighted by Crippen LogP contribution is -2.49. The second-order valence-corrected chi connectivity index (χ2v) is 12.2. The summed E-state index contributed by atoms with van der Waals surface area (Å²) in [6, 6.07) is 11.0. The molecule has 0 aromatic heterocycles. The zero-order chi connectivity index (χ0) is 24.2.